The topological polar surface area (TPSA) is 72.5 Å². The molecule has 0 heterocycles. The third-order valence-corrected chi connectivity index (χ3v) is 14.2. The van der Waals surface area contributed by atoms with Gasteiger partial charge in [-0.05, 0) is 110 Å². The number of rotatable bonds is 3. The Morgan fingerprint density at radius 2 is 1.55 bits per heavy atom. The second kappa shape index (κ2) is 8.69. The average Bonchev–Trinajstić information content (AvgIpc) is 3.70. The molecule has 1 N–H and O–H groups in total. The van der Waals surface area contributed by atoms with Crippen LogP contribution in [0.4, 0.5) is 0 Å². The van der Waals surface area contributed by atoms with Crippen molar-refractivity contribution in [3.8, 4) is 0 Å². The van der Waals surface area contributed by atoms with Crippen LogP contribution in [0.2, 0.25) is 0 Å². The Hall–Kier alpha value is -1.65. The van der Waals surface area contributed by atoms with Crippen LogP contribution in [0.15, 0.2) is 11.6 Å². The van der Waals surface area contributed by atoms with E-state index in [1.54, 1.807) is 7.11 Å². The summed E-state index contributed by atoms with van der Waals surface area (Å²) in [5.41, 5.74) is 0.779. The molecular formula is C35H53NO4. The maximum atomic E-state index is 13.8. The fraction of sp³-hybridized carbons (Fsp3) is 0.857. The van der Waals surface area contributed by atoms with Gasteiger partial charge in [0.2, 0.25) is 5.91 Å². The van der Waals surface area contributed by atoms with Gasteiger partial charge in [0.1, 0.15) is 0 Å². The molecule has 5 heteroatoms. The number of Topliss-reactive ketones (excluding diaryl/α,β-unsaturated/α-hetero) is 1. The lowest BCUT2D eigenvalue weighted by atomic mass is 9.33. The van der Waals surface area contributed by atoms with Gasteiger partial charge in [-0.25, -0.2) is 0 Å². The Bertz CT molecular complexity index is 1160. The van der Waals surface area contributed by atoms with Crippen LogP contribution < -0.4 is 5.32 Å². The molecule has 6 rings (SSSR count). The van der Waals surface area contributed by atoms with Crippen molar-refractivity contribution in [1.82, 2.24) is 5.32 Å². The van der Waals surface area contributed by atoms with Crippen molar-refractivity contribution in [1.29, 1.82) is 0 Å². The van der Waals surface area contributed by atoms with Gasteiger partial charge in [-0.2, -0.15) is 0 Å². The van der Waals surface area contributed by atoms with E-state index in [0.717, 1.165) is 64.2 Å². The van der Waals surface area contributed by atoms with Crippen LogP contribution in [0.25, 0.3) is 0 Å². The van der Waals surface area contributed by atoms with Crippen LogP contribution in [-0.4, -0.2) is 30.8 Å². The molecule has 5 nitrogen and oxygen atoms in total. The van der Waals surface area contributed by atoms with Crippen molar-refractivity contribution >= 4 is 17.7 Å². The predicted molar refractivity (Wildman–Crippen MR) is 156 cm³/mol. The number of nitrogens with one attached hydrogen (secondary N) is 1. The fourth-order valence-corrected chi connectivity index (χ4v) is 11.5. The van der Waals surface area contributed by atoms with Gasteiger partial charge in [0.25, 0.3) is 0 Å². The minimum atomic E-state index is -0.546. The van der Waals surface area contributed by atoms with E-state index in [1.807, 2.05) is 0 Å². The Labute approximate surface area is 242 Å². The number of carbonyl (C=O) groups is 3. The molecule has 222 valence electrons. The fourth-order valence-electron chi connectivity index (χ4n) is 11.5. The summed E-state index contributed by atoms with van der Waals surface area (Å²) in [5.74, 6) is 0.479. The molecule has 0 spiro atoms. The molecule has 6 aliphatic carbocycles. The zero-order chi connectivity index (χ0) is 29.1. The van der Waals surface area contributed by atoms with Gasteiger partial charge in [-0.1, -0.05) is 60.1 Å². The van der Waals surface area contributed by atoms with E-state index >= 15 is 0 Å². The Morgan fingerprint density at radius 1 is 0.875 bits per heavy atom. The number of hydrogen-bond acceptors (Lipinski definition) is 4. The molecule has 8 unspecified atom stereocenters. The first-order valence-corrected chi connectivity index (χ1v) is 16.2. The van der Waals surface area contributed by atoms with Gasteiger partial charge in [0.15, 0.2) is 5.78 Å². The number of ether oxygens (including phenoxy) is 1. The zero-order valence-corrected chi connectivity index (χ0v) is 26.4. The maximum absolute atomic E-state index is 13.8. The molecule has 5 saturated carbocycles. The first-order chi connectivity index (χ1) is 18.6. The van der Waals surface area contributed by atoms with E-state index in [4.69, 9.17) is 4.74 Å². The number of hydrogen-bond donors (Lipinski definition) is 1. The number of ketones is 1. The minimum absolute atomic E-state index is 0.00310. The SMILES string of the molecule is COC(=O)C12CCC(C)(C)CC1C1=CCC3C4(C)CC(C(=O)NC5CC5)C(=O)C(C)(C)C4CCC3(C)C1(C)CC2. The quantitative estimate of drug-likeness (QED) is 0.232. The van der Waals surface area contributed by atoms with E-state index in [2.05, 4.69) is 59.9 Å². The van der Waals surface area contributed by atoms with Crippen LogP contribution >= 0.6 is 0 Å². The summed E-state index contributed by atoms with van der Waals surface area (Å²) in [6.45, 7) is 16.5. The van der Waals surface area contributed by atoms with E-state index < -0.39 is 16.7 Å². The molecule has 8 atom stereocenters. The Kier molecular flexibility index (Phi) is 6.19. The van der Waals surface area contributed by atoms with E-state index in [1.165, 1.54) is 5.57 Å². The van der Waals surface area contributed by atoms with Crippen molar-refractivity contribution in [2.75, 3.05) is 7.11 Å². The number of esters is 1. The van der Waals surface area contributed by atoms with Crippen LogP contribution in [0, 0.1) is 56.2 Å². The first kappa shape index (κ1) is 28.5. The van der Waals surface area contributed by atoms with Gasteiger partial charge in [0.05, 0.1) is 18.4 Å². The van der Waals surface area contributed by atoms with Crippen LogP contribution in [0.1, 0.15) is 119 Å². The summed E-state index contributed by atoms with van der Waals surface area (Å²) in [6.07, 6.45) is 13.3. The number of fused-ring (bicyclic) bond motifs is 7. The lowest BCUT2D eigenvalue weighted by molar-refractivity contribution is -0.196. The van der Waals surface area contributed by atoms with Gasteiger partial charge in [0, 0.05) is 11.5 Å². The van der Waals surface area contributed by atoms with E-state index in [0.29, 0.717) is 12.3 Å². The summed E-state index contributed by atoms with van der Waals surface area (Å²) < 4.78 is 5.51. The van der Waals surface area contributed by atoms with Gasteiger partial charge in [-0.3, -0.25) is 14.4 Å². The number of amides is 1. The molecule has 0 bridgehead atoms. The first-order valence-electron chi connectivity index (χ1n) is 16.2. The largest absolute Gasteiger partial charge is 0.469 e. The predicted octanol–water partition coefficient (Wildman–Crippen LogP) is 7.03. The highest BCUT2D eigenvalue weighted by atomic mass is 16.5. The molecule has 0 radical (unpaired) electrons. The number of methoxy groups -OCH3 is 1. The third-order valence-electron chi connectivity index (χ3n) is 14.2. The lowest BCUT2D eigenvalue weighted by Gasteiger charge is -2.71. The molecule has 5 fully saturated rings. The molecule has 0 aromatic rings. The maximum Gasteiger partial charge on any atom is 0.312 e. The Balaban J connectivity index is 1.41. The van der Waals surface area contributed by atoms with E-state index in [-0.39, 0.29) is 57.2 Å². The standard InChI is InChI=1S/C35H53NO4/c1-30(2)15-17-35(29(39)40-8)18-16-33(6)23(24(35)20-30)11-12-26-32(5)19-22(28(38)36-21-9-10-21)27(37)31(3,4)25(32)13-14-34(26,33)7/h11,21-22,24-26H,9-10,12-20H2,1-8H3,(H,36,38). The van der Waals surface area contributed by atoms with Crippen molar-refractivity contribution < 1.29 is 19.1 Å². The second-order valence-electron chi connectivity index (χ2n) is 17.0. The monoisotopic (exact) mass is 551 g/mol. The average molecular weight is 552 g/mol. The third kappa shape index (κ3) is 3.66. The molecule has 1 amide bonds. The van der Waals surface area contributed by atoms with Crippen LogP contribution in [-0.2, 0) is 19.1 Å². The Morgan fingerprint density at radius 3 is 2.20 bits per heavy atom. The minimum Gasteiger partial charge on any atom is -0.469 e. The highest BCUT2D eigenvalue weighted by Crippen LogP contribution is 2.75. The summed E-state index contributed by atoms with van der Waals surface area (Å²) >= 11 is 0. The van der Waals surface area contributed by atoms with Crippen molar-refractivity contribution in [3.63, 3.8) is 0 Å². The van der Waals surface area contributed by atoms with Gasteiger partial charge >= 0.3 is 5.97 Å². The zero-order valence-electron chi connectivity index (χ0n) is 26.4. The molecule has 40 heavy (non-hydrogen) atoms. The number of allylic oxidation sites excluding steroid dienone is 2. The highest BCUT2D eigenvalue weighted by molar-refractivity contribution is 6.04. The second-order valence-corrected chi connectivity index (χ2v) is 17.0. The van der Waals surface area contributed by atoms with Crippen molar-refractivity contribution in [2.24, 2.45) is 56.2 Å². The molecular weight excluding hydrogens is 498 g/mol. The van der Waals surface area contributed by atoms with Crippen molar-refractivity contribution in [3.05, 3.63) is 11.6 Å². The normalized spacial score (nSPS) is 47.0. The molecule has 0 saturated heterocycles. The van der Waals surface area contributed by atoms with Crippen molar-refractivity contribution in [2.45, 2.75) is 125 Å². The van der Waals surface area contributed by atoms with Crippen LogP contribution in [0.3, 0.4) is 0 Å². The summed E-state index contributed by atoms with van der Waals surface area (Å²) in [4.78, 5) is 40.8. The molecule has 0 aromatic heterocycles. The van der Waals surface area contributed by atoms with E-state index in [9.17, 15) is 14.4 Å². The summed E-state index contributed by atoms with van der Waals surface area (Å²) in [7, 11) is 1.57. The highest BCUT2D eigenvalue weighted by Gasteiger charge is 2.70. The van der Waals surface area contributed by atoms with Gasteiger partial charge in [-0.15, -0.1) is 0 Å². The van der Waals surface area contributed by atoms with Crippen LogP contribution in [0.5, 0.6) is 0 Å². The summed E-state index contributed by atoms with van der Waals surface area (Å²) in [5, 5.41) is 3.18. The molecule has 0 aliphatic heterocycles. The number of carbonyl (C=O) groups excluding carboxylic acids is 3. The van der Waals surface area contributed by atoms with Gasteiger partial charge < -0.3 is 10.1 Å². The summed E-state index contributed by atoms with van der Waals surface area (Å²) in [6, 6.07) is 0.265. The molecule has 0 aromatic carbocycles. The molecule has 6 aliphatic rings. The smallest absolute Gasteiger partial charge is 0.312 e. The lowest BCUT2D eigenvalue weighted by Crippen LogP contribution is -2.66.